The van der Waals surface area contributed by atoms with Crippen LogP contribution in [0.4, 0.5) is 0 Å². The molecule has 0 amide bonds. The highest BCUT2D eigenvalue weighted by Crippen LogP contribution is 2.24. The summed E-state index contributed by atoms with van der Waals surface area (Å²) in [6, 6.07) is 14.4. The van der Waals surface area contributed by atoms with Crippen LogP contribution in [0.2, 0.25) is 0 Å². The van der Waals surface area contributed by atoms with Crippen LogP contribution in [0.15, 0.2) is 53.4 Å². The molecule has 1 heterocycles. The maximum atomic E-state index is 12.7. The van der Waals surface area contributed by atoms with E-state index in [0.717, 1.165) is 11.1 Å². The van der Waals surface area contributed by atoms with Crippen LogP contribution in [0, 0.1) is 0 Å². The SMILES string of the molecule is NS(=O)(=O)c1ccc2c(c1)CN(S(=O)(=O)CCCc1ccccc1)CC2. The van der Waals surface area contributed by atoms with Crippen LogP contribution in [-0.4, -0.2) is 33.4 Å². The van der Waals surface area contributed by atoms with Gasteiger partial charge in [0.2, 0.25) is 20.0 Å². The molecule has 2 aromatic carbocycles. The van der Waals surface area contributed by atoms with E-state index in [0.29, 0.717) is 31.4 Å². The molecule has 26 heavy (non-hydrogen) atoms. The third-order valence-corrected chi connectivity index (χ3v) is 7.40. The second kappa shape index (κ2) is 7.48. The fourth-order valence-electron chi connectivity index (χ4n) is 3.15. The highest BCUT2D eigenvalue weighted by atomic mass is 32.2. The molecule has 0 saturated heterocycles. The second-order valence-electron chi connectivity index (χ2n) is 6.46. The Kier molecular flexibility index (Phi) is 5.47. The molecule has 8 heteroatoms. The average molecular weight is 395 g/mol. The van der Waals surface area contributed by atoms with E-state index in [2.05, 4.69) is 0 Å². The number of sulfonamides is 2. The number of fused-ring (bicyclic) bond motifs is 1. The van der Waals surface area contributed by atoms with Crippen molar-refractivity contribution < 1.29 is 16.8 Å². The summed E-state index contributed by atoms with van der Waals surface area (Å²) in [4.78, 5) is 0.0135. The molecule has 0 fully saturated rings. The molecule has 0 bridgehead atoms. The number of nitrogens with two attached hydrogens (primary N) is 1. The van der Waals surface area contributed by atoms with Crippen LogP contribution in [0.5, 0.6) is 0 Å². The van der Waals surface area contributed by atoms with Crippen LogP contribution < -0.4 is 5.14 Å². The lowest BCUT2D eigenvalue weighted by Gasteiger charge is -2.28. The third-order valence-electron chi connectivity index (χ3n) is 4.59. The number of rotatable bonds is 6. The zero-order valence-corrected chi connectivity index (χ0v) is 16.0. The van der Waals surface area contributed by atoms with Gasteiger partial charge in [-0.25, -0.2) is 22.0 Å². The van der Waals surface area contributed by atoms with Gasteiger partial charge in [0.15, 0.2) is 0 Å². The van der Waals surface area contributed by atoms with Gasteiger partial charge < -0.3 is 0 Å². The fraction of sp³-hybridized carbons (Fsp3) is 0.333. The normalized spacial score (nSPS) is 15.6. The third kappa shape index (κ3) is 4.50. The number of benzene rings is 2. The van der Waals surface area contributed by atoms with Gasteiger partial charge in [-0.2, -0.15) is 4.31 Å². The van der Waals surface area contributed by atoms with Gasteiger partial charge in [-0.05, 0) is 48.1 Å². The summed E-state index contributed by atoms with van der Waals surface area (Å²) in [5.74, 6) is 0.0755. The summed E-state index contributed by atoms with van der Waals surface area (Å²) in [5.41, 5.74) is 2.78. The number of aryl methyl sites for hydroxylation is 1. The topological polar surface area (TPSA) is 97.5 Å². The Morgan fingerprint density at radius 1 is 0.962 bits per heavy atom. The summed E-state index contributed by atoms with van der Waals surface area (Å²) >= 11 is 0. The van der Waals surface area contributed by atoms with Crippen molar-refractivity contribution in [3.63, 3.8) is 0 Å². The van der Waals surface area contributed by atoms with Gasteiger partial charge in [0.1, 0.15) is 0 Å². The molecule has 2 aromatic rings. The minimum Gasteiger partial charge on any atom is -0.225 e. The Morgan fingerprint density at radius 3 is 2.38 bits per heavy atom. The molecule has 0 spiro atoms. The molecule has 1 aliphatic rings. The van der Waals surface area contributed by atoms with E-state index in [9.17, 15) is 16.8 Å². The zero-order chi connectivity index (χ0) is 18.8. The smallest absolute Gasteiger partial charge is 0.225 e. The predicted octanol–water partition coefficient (Wildman–Crippen LogP) is 1.65. The van der Waals surface area contributed by atoms with Crippen molar-refractivity contribution in [1.82, 2.24) is 4.31 Å². The molecule has 0 aliphatic carbocycles. The van der Waals surface area contributed by atoms with Crippen molar-refractivity contribution in [1.29, 1.82) is 0 Å². The van der Waals surface area contributed by atoms with Gasteiger partial charge in [-0.15, -0.1) is 0 Å². The van der Waals surface area contributed by atoms with Crippen molar-refractivity contribution in [2.24, 2.45) is 5.14 Å². The number of hydrogen-bond acceptors (Lipinski definition) is 4. The molecule has 0 radical (unpaired) electrons. The highest BCUT2D eigenvalue weighted by Gasteiger charge is 2.27. The van der Waals surface area contributed by atoms with E-state index in [1.54, 1.807) is 6.07 Å². The standard InChI is InChI=1S/C18H22N2O4S2/c19-26(23,24)18-9-8-16-10-11-20(14-17(16)13-18)25(21,22)12-4-7-15-5-2-1-3-6-15/h1-3,5-6,8-9,13H,4,7,10-12,14H2,(H2,19,23,24). The van der Waals surface area contributed by atoms with Gasteiger partial charge in [0.05, 0.1) is 10.6 Å². The predicted molar refractivity (Wildman–Crippen MR) is 100 cm³/mol. The second-order valence-corrected chi connectivity index (χ2v) is 10.1. The van der Waals surface area contributed by atoms with Gasteiger partial charge in [-0.1, -0.05) is 36.4 Å². The summed E-state index contributed by atoms with van der Waals surface area (Å²) in [7, 11) is -7.19. The molecule has 6 nitrogen and oxygen atoms in total. The molecule has 0 atom stereocenters. The van der Waals surface area contributed by atoms with Crippen molar-refractivity contribution in [3.05, 3.63) is 65.2 Å². The van der Waals surface area contributed by atoms with Crippen LogP contribution in [0.1, 0.15) is 23.1 Å². The van der Waals surface area contributed by atoms with Crippen LogP contribution in [0.25, 0.3) is 0 Å². The summed E-state index contributed by atoms with van der Waals surface area (Å²) < 4.78 is 49.8. The van der Waals surface area contributed by atoms with Crippen molar-refractivity contribution >= 4 is 20.0 Å². The van der Waals surface area contributed by atoms with Crippen molar-refractivity contribution in [2.45, 2.75) is 30.7 Å². The molecule has 0 saturated carbocycles. The first-order valence-electron chi connectivity index (χ1n) is 8.42. The molecule has 2 N–H and O–H groups in total. The van der Waals surface area contributed by atoms with E-state index >= 15 is 0 Å². The first-order valence-corrected chi connectivity index (χ1v) is 11.6. The lowest BCUT2D eigenvalue weighted by molar-refractivity contribution is 0.390. The Bertz CT molecular complexity index is 987. The van der Waals surface area contributed by atoms with Gasteiger partial charge in [-0.3, -0.25) is 0 Å². The lowest BCUT2D eigenvalue weighted by atomic mass is 10.0. The Balaban J connectivity index is 1.68. The van der Waals surface area contributed by atoms with Gasteiger partial charge >= 0.3 is 0 Å². The summed E-state index contributed by atoms with van der Waals surface area (Å²) in [6.07, 6.45) is 1.82. The highest BCUT2D eigenvalue weighted by molar-refractivity contribution is 7.89. The number of nitrogens with zero attached hydrogens (tertiary/aromatic N) is 1. The van der Waals surface area contributed by atoms with Gasteiger partial charge in [0.25, 0.3) is 0 Å². The first kappa shape index (κ1) is 19.0. The van der Waals surface area contributed by atoms with E-state index in [4.69, 9.17) is 5.14 Å². The largest absolute Gasteiger partial charge is 0.238 e. The van der Waals surface area contributed by atoms with Gasteiger partial charge in [0, 0.05) is 13.1 Å². The zero-order valence-electron chi connectivity index (χ0n) is 14.3. The fourth-order valence-corrected chi connectivity index (χ4v) is 5.19. The van der Waals surface area contributed by atoms with E-state index in [-0.39, 0.29) is 17.2 Å². The maximum absolute atomic E-state index is 12.7. The number of primary sulfonamides is 1. The average Bonchev–Trinajstić information content (AvgIpc) is 2.61. The maximum Gasteiger partial charge on any atom is 0.238 e. The Hall–Kier alpha value is -1.74. The van der Waals surface area contributed by atoms with Crippen LogP contribution >= 0.6 is 0 Å². The molecule has 3 rings (SSSR count). The van der Waals surface area contributed by atoms with E-state index in [1.807, 2.05) is 30.3 Å². The van der Waals surface area contributed by atoms with Crippen molar-refractivity contribution in [3.8, 4) is 0 Å². The Labute approximate surface area is 154 Å². The molecule has 0 unspecified atom stereocenters. The van der Waals surface area contributed by atoms with E-state index < -0.39 is 20.0 Å². The number of hydrogen-bond donors (Lipinski definition) is 1. The molecule has 140 valence electrons. The van der Waals surface area contributed by atoms with E-state index in [1.165, 1.54) is 16.4 Å². The summed E-state index contributed by atoms with van der Waals surface area (Å²) in [5, 5.41) is 5.17. The lowest BCUT2D eigenvalue weighted by Crippen LogP contribution is -2.37. The minimum atomic E-state index is -3.80. The quantitative estimate of drug-likeness (QED) is 0.805. The molecule has 1 aliphatic heterocycles. The van der Waals surface area contributed by atoms with Crippen LogP contribution in [-0.2, 0) is 39.4 Å². The van der Waals surface area contributed by atoms with Crippen LogP contribution in [0.3, 0.4) is 0 Å². The first-order chi connectivity index (χ1) is 12.3. The van der Waals surface area contributed by atoms with Crippen molar-refractivity contribution in [2.75, 3.05) is 12.3 Å². The minimum absolute atomic E-state index is 0.0135. The summed E-state index contributed by atoms with van der Waals surface area (Å²) in [6.45, 7) is 0.599. The molecular weight excluding hydrogens is 372 g/mol. The monoisotopic (exact) mass is 394 g/mol. The molecular formula is C18H22N2O4S2. The Morgan fingerprint density at radius 2 is 1.69 bits per heavy atom. The molecule has 0 aromatic heterocycles.